The molecular formula is C8H10ClF3N2. The Kier molecular flexibility index (Phi) is 4.90. The second-order valence-electron chi connectivity index (χ2n) is 2.60. The van der Waals surface area contributed by atoms with Crippen molar-refractivity contribution in [3.63, 3.8) is 0 Å². The lowest BCUT2D eigenvalue weighted by Gasteiger charge is -2.11. The minimum atomic E-state index is -1.27. The van der Waals surface area contributed by atoms with E-state index in [2.05, 4.69) is 0 Å². The van der Waals surface area contributed by atoms with E-state index < -0.39 is 29.1 Å². The fraction of sp³-hybridized carbons (Fsp3) is 0.250. The van der Waals surface area contributed by atoms with E-state index in [4.69, 9.17) is 11.5 Å². The fourth-order valence-corrected chi connectivity index (χ4v) is 1.00. The molecule has 0 heterocycles. The molecule has 0 amide bonds. The third-order valence-electron chi connectivity index (χ3n) is 1.70. The molecule has 80 valence electrons. The molecule has 0 radical (unpaired) electrons. The number of hydrogen-bond donors (Lipinski definition) is 2. The molecule has 0 aliphatic rings. The Hall–Kier alpha value is -0.780. The zero-order chi connectivity index (χ0) is 10.0. The van der Waals surface area contributed by atoms with Crippen molar-refractivity contribution in [3.8, 4) is 0 Å². The molecule has 6 heteroatoms. The summed E-state index contributed by atoms with van der Waals surface area (Å²) in [6.07, 6.45) is 0. The van der Waals surface area contributed by atoms with Crippen LogP contribution in [0.5, 0.6) is 0 Å². The Morgan fingerprint density at radius 3 is 2.14 bits per heavy atom. The molecule has 1 atom stereocenters. The van der Waals surface area contributed by atoms with Crippen molar-refractivity contribution < 1.29 is 13.2 Å². The number of halogens is 4. The summed E-state index contributed by atoms with van der Waals surface area (Å²) < 4.78 is 38.5. The molecule has 0 bridgehead atoms. The molecule has 1 aromatic rings. The summed E-state index contributed by atoms with van der Waals surface area (Å²) in [5.41, 5.74) is 9.91. The molecule has 0 aliphatic carbocycles. The summed E-state index contributed by atoms with van der Waals surface area (Å²) in [5, 5.41) is 0. The van der Waals surface area contributed by atoms with E-state index >= 15 is 0 Å². The standard InChI is InChI=1S/C8H9F3N2.ClH/c9-4-1-2-5(10)8(11)7(4)6(13)3-12;/h1-2,6H,3,12-13H2;1H/t6-;/m1./s1. The summed E-state index contributed by atoms with van der Waals surface area (Å²) in [4.78, 5) is 0. The molecule has 0 saturated carbocycles. The first-order chi connectivity index (χ1) is 6.07. The van der Waals surface area contributed by atoms with Crippen LogP contribution in [0.1, 0.15) is 11.6 Å². The van der Waals surface area contributed by atoms with Gasteiger partial charge in [-0.2, -0.15) is 0 Å². The number of nitrogens with two attached hydrogens (primary N) is 2. The van der Waals surface area contributed by atoms with Gasteiger partial charge in [-0.3, -0.25) is 0 Å². The predicted octanol–water partition coefficient (Wildman–Crippen LogP) is 1.48. The van der Waals surface area contributed by atoms with Gasteiger partial charge in [0.1, 0.15) is 5.82 Å². The molecule has 0 aliphatic heterocycles. The predicted molar refractivity (Wildman–Crippen MR) is 49.5 cm³/mol. The zero-order valence-corrected chi connectivity index (χ0v) is 7.95. The minimum absolute atomic E-state index is 0. The maximum absolute atomic E-state index is 12.9. The van der Waals surface area contributed by atoms with Gasteiger partial charge in [-0.15, -0.1) is 12.4 Å². The van der Waals surface area contributed by atoms with Gasteiger partial charge in [0.2, 0.25) is 0 Å². The Morgan fingerprint density at radius 2 is 1.64 bits per heavy atom. The third-order valence-corrected chi connectivity index (χ3v) is 1.70. The van der Waals surface area contributed by atoms with Crippen LogP contribution < -0.4 is 11.5 Å². The Labute approximate surface area is 85.5 Å². The monoisotopic (exact) mass is 226 g/mol. The summed E-state index contributed by atoms with van der Waals surface area (Å²) in [6.45, 7) is -0.142. The quantitative estimate of drug-likeness (QED) is 0.751. The molecule has 0 unspecified atom stereocenters. The minimum Gasteiger partial charge on any atom is -0.329 e. The van der Waals surface area contributed by atoms with Gasteiger partial charge in [0.25, 0.3) is 0 Å². The highest BCUT2D eigenvalue weighted by molar-refractivity contribution is 5.85. The van der Waals surface area contributed by atoms with Crippen LogP contribution in [0.25, 0.3) is 0 Å². The normalized spacial score (nSPS) is 12.1. The van der Waals surface area contributed by atoms with Crippen LogP contribution in [-0.4, -0.2) is 6.54 Å². The van der Waals surface area contributed by atoms with Gasteiger partial charge < -0.3 is 11.5 Å². The molecule has 0 saturated heterocycles. The van der Waals surface area contributed by atoms with E-state index in [1.807, 2.05) is 0 Å². The van der Waals surface area contributed by atoms with Gasteiger partial charge in [-0.05, 0) is 12.1 Å². The smallest absolute Gasteiger partial charge is 0.166 e. The Bertz CT molecular complexity index is 320. The zero-order valence-electron chi connectivity index (χ0n) is 7.14. The Morgan fingerprint density at radius 1 is 1.14 bits per heavy atom. The van der Waals surface area contributed by atoms with E-state index in [0.29, 0.717) is 6.07 Å². The van der Waals surface area contributed by atoms with Crippen molar-refractivity contribution in [2.24, 2.45) is 11.5 Å². The second-order valence-corrected chi connectivity index (χ2v) is 2.60. The van der Waals surface area contributed by atoms with Crippen molar-refractivity contribution in [1.82, 2.24) is 0 Å². The molecule has 2 nitrogen and oxygen atoms in total. The first-order valence-corrected chi connectivity index (χ1v) is 3.67. The highest BCUT2D eigenvalue weighted by atomic mass is 35.5. The highest BCUT2D eigenvalue weighted by Gasteiger charge is 2.18. The van der Waals surface area contributed by atoms with E-state index in [0.717, 1.165) is 6.07 Å². The van der Waals surface area contributed by atoms with E-state index in [1.54, 1.807) is 0 Å². The molecule has 1 rings (SSSR count). The highest BCUT2D eigenvalue weighted by Crippen LogP contribution is 2.20. The first-order valence-electron chi connectivity index (χ1n) is 3.67. The third kappa shape index (κ3) is 2.37. The van der Waals surface area contributed by atoms with Gasteiger partial charge in [-0.25, -0.2) is 13.2 Å². The van der Waals surface area contributed by atoms with Crippen LogP contribution in [0, 0.1) is 17.5 Å². The van der Waals surface area contributed by atoms with Gasteiger partial charge in [0.05, 0.1) is 0 Å². The lowest BCUT2D eigenvalue weighted by Crippen LogP contribution is -2.23. The molecular weight excluding hydrogens is 217 g/mol. The van der Waals surface area contributed by atoms with Crippen LogP contribution in [0.15, 0.2) is 12.1 Å². The summed E-state index contributed by atoms with van der Waals surface area (Å²) in [5.74, 6) is -3.27. The van der Waals surface area contributed by atoms with Gasteiger partial charge in [0.15, 0.2) is 11.6 Å². The van der Waals surface area contributed by atoms with Crippen molar-refractivity contribution >= 4 is 12.4 Å². The lowest BCUT2D eigenvalue weighted by atomic mass is 10.1. The van der Waals surface area contributed by atoms with E-state index in [1.165, 1.54) is 0 Å². The van der Waals surface area contributed by atoms with E-state index in [9.17, 15) is 13.2 Å². The number of rotatable bonds is 2. The fourth-order valence-electron chi connectivity index (χ4n) is 1.00. The van der Waals surface area contributed by atoms with Crippen LogP contribution in [-0.2, 0) is 0 Å². The number of hydrogen-bond acceptors (Lipinski definition) is 2. The van der Waals surface area contributed by atoms with Gasteiger partial charge in [-0.1, -0.05) is 0 Å². The van der Waals surface area contributed by atoms with Crippen molar-refractivity contribution in [2.75, 3.05) is 6.54 Å². The van der Waals surface area contributed by atoms with Crippen molar-refractivity contribution in [1.29, 1.82) is 0 Å². The van der Waals surface area contributed by atoms with Crippen LogP contribution in [0.4, 0.5) is 13.2 Å². The molecule has 4 N–H and O–H groups in total. The van der Waals surface area contributed by atoms with Crippen LogP contribution in [0.3, 0.4) is 0 Å². The van der Waals surface area contributed by atoms with Crippen LogP contribution >= 0.6 is 12.4 Å². The molecule has 0 fully saturated rings. The lowest BCUT2D eigenvalue weighted by molar-refractivity contribution is 0.466. The molecule has 0 aromatic heterocycles. The summed E-state index contributed by atoms with van der Waals surface area (Å²) in [6, 6.07) is 0.511. The van der Waals surface area contributed by atoms with Crippen molar-refractivity contribution in [3.05, 3.63) is 35.1 Å². The van der Waals surface area contributed by atoms with Crippen molar-refractivity contribution in [2.45, 2.75) is 6.04 Å². The second kappa shape index (κ2) is 5.19. The average Bonchev–Trinajstić information content (AvgIpc) is 2.12. The SMILES string of the molecule is Cl.NC[C@@H](N)c1c(F)ccc(F)c1F. The van der Waals surface area contributed by atoms with Gasteiger partial charge in [0, 0.05) is 18.2 Å². The van der Waals surface area contributed by atoms with E-state index in [-0.39, 0.29) is 19.0 Å². The summed E-state index contributed by atoms with van der Waals surface area (Å²) in [7, 11) is 0. The maximum Gasteiger partial charge on any atom is 0.166 e. The molecule has 14 heavy (non-hydrogen) atoms. The topological polar surface area (TPSA) is 52.0 Å². The van der Waals surface area contributed by atoms with Crippen LogP contribution in [0.2, 0.25) is 0 Å². The van der Waals surface area contributed by atoms with Gasteiger partial charge >= 0.3 is 0 Å². The number of benzene rings is 1. The molecule has 1 aromatic carbocycles. The summed E-state index contributed by atoms with van der Waals surface area (Å²) >= 11 is 0. The maximum atomic E-state index is 12.9. The first kappa shape index (κ1) is 13.2. The Balaban J connectivity index is 0.00000169. The average molecular weight is 227 g/mol. The molecule has 0 spiro atoms. The largest absolute Gasteiger partial charge is 0.329 e.